The average molecular weight is 368 g/mol. The fourth-order valence-corrected chi connectivity index (χ4v) is 2.94. The second kappa shape index (κ2) is 7.16. The number of ether oxygens (including phenoxy) is 2. The van der Waals surface area contributed by atoms with Crippen LogP contribution in [0.4, 0.5) is 5.95 Å². The van der Waals surface area contributed by atoms with Crippen molar-refractivity contribution in [3.8, 4) is 0 Å². The van der Waals surface area contributed by atoms with Gasteiger partial charge in [-0.25, -0.2) is 4.98 Å². The summed E-state index contributed by atoms with van der Waals surface area (Å²) in [5, 5.41) is 2.50. The molecule has 0 aromatic carbocycles. The van der Waals surface area contributed by atoms with Gasteiger partial charge in [-0.05, 0) is 6.37 Å². The van der Waals surface area contributed by atoms with E-state index < -0.39 is 43.3 Å². The lowest BCUT2D eigenvalue weighted by Crippen LogP contribution is -2.27. The molecule has 9 heteroatoms. The van der Waals surface area contributed by atoms with Crippen molar-refractivity contribution < 1.29 is 21.1 Å². The van der Waals surface area contributed by atoms with Crippen LogP contribution in [0.15, 0.2) is 11.1 Å². The number of nitrogens with zero attached hydrogens (tertiary/aromatic N) is 3. The standard InChI is InChI=1S/C17H25N5O4/c1-6-10-9(4)12(25-5)16(26-10)22-7-18-11-13(22)19-17(21-15(11)24)20-14(23)8(2)3/h7-10,12,16H,6H2,1-5H3,(H2,19,20,21,23,24)/t9-,10-,12-,16-/m1/s1/i5D3,6D2. The van der Waals surface area contributed by atoms with Crippen LogP contribution in [0.1, 0.15) is 47.1 Å². The molecule has 1 saturated heterocycles. The molecule has 9 nitrogen and oxygen atoms in total. The number of hydrogen-bond acceptors (Lipinski definition) is 6. The zero-order chi connectivity index (χ0) is 23.3. The van der Waals surface area contributed by atoms with Crippen LogP contribution in [-0.4, -0.2) is 44.7 Å². The van der Waals surface area contributed by atoms with Gasteiger partial charge >= 0.3 is 0 Å². The van der Waals surface area contributed by atoms with E-state index in [4.69, 9.17) is 16.3 Å². The lowest BCUT2D eigenvalue weighted by Gasteiger charge is -2.20. The molecule has 2 aromatic heterocycles. The van der Waals surface area contributed by atoms with Gasteiger partial charge in [0, 0.05) is 21.6 Å². The first-order chi connectivity index (χ1) is 14.2. The first kappa shape index (κ1) is 13.0. The SMILES string of the molecule is [2H]C([2H])([2H])O[C@@H]1[C@H](C)[C@@H](C([2H])([2H])C)O[C@H]1n1cnc2c(=O)[nH]c(NC(=O)C(C)C)nc21. The predicted octanol–water partition coefficient (Wildman–Crippen LogP) is 1.67. The molecule has 0 spiro atoms. The van der Waals surface area contributed by atoms with Crippen molar-refractivity contribution in [1.29, 1.82) is 0 Å². The average Bonchev–Trinajstić information content (AvgIpc) is 3.15. The molecule has 2 N–H and O–H groups in total. The largest absolute Gasteiger partial charge is 0.376 e. The summed E-state index contributed by atoms with van der Waals surface area (Å²) in [6.45, 7) is 6.33. The summed E-state index contributed by atoms with van der Waals surface area (Å²) in [7, 11) is -2.76. The van der Waals surface area contributed by atoms with Crippen molar-refractivity contribution in [2.24, 2.45) is 11.8 Å². The van der Waals surface area contributed by atoms with E-state index in [9.17, 15) is 9.59 Å². The number of rotatable bonds is 5. The molecule has 26 heavy (non-hydrogen) atoms. The highest BCUT2D eigenvalue weighted by molar-refractivity contribution is 5.91. The molecule has 0 radical (unpaired) electrons. The lowest BCUT2D eigenvalue weighted by molar-refractivity contribution is -0.118. The molecule has 1 fully saturated rings. The number of anilines is 1. The Morgan fingerprint density at radius 2 is 2.38 bits per heavy atom. The second-order valence-electron chi connectivity index (χ2n) is 6.56. The number of imidazole rings is 1. The third-order valence-electron chi connectivity index (χ3n) is 4.46. The second-order valence-corrected chi connectivity index (χ2v) is 6.56. The summed E-state index contributed by atoms with van der Waals surface area (Å²) in [6, 6.07) is 0. The van der Waals surface area contributed by atoms with Gasteiger partial charge in [-0.3, -0.25) is 24.5 Å². The maximum atomic E-state index is 12.4. The first-order valence-corrected chi connectivity index (χ1v) is 8.30. The number of aromatic nitrogens is 4. The third kappa shape index (κ3) is 3.12. The molecule has 3 rings (SSSR count). The van der Waals surface area contributed by atoms with Crippen molar-refractivity contribution in [2.45, 2.75) is 52.5 Å². The molecule has 4 atom stereocenters. The normalized spacial score (nSPS) is 29.8. The van der Waals surface area contributed by atoms with Gasteiger partial charge in [-0.15, -0.1) is 0 Å². The minimum absolute atomic E-state index is 0.0384. The summed E-state index contributed by atoms with van der Waals surface area (Å²) >= 11 is 0. The molecular weight excluding hydrogens is 338 g/mol. The number of carbonyl (C=O) groups excluding carboxylic acids is 1. The molecule has 0 unspecified atom stereocenters. The molecule has 1 amide bonds. The van der Waals surface area contributed by atoms with Gasteiger partial charge in [-0.1, -0.05) is 27.7 Å². The van der Waals surface area contributed by atoms with E-state index in [1.807, 2.05) is 0 Å². The Morgan fingerprint density at radius 3 is 3.04 bits per heavy atom. The number of aromatic amines is 1. The van der Waals surface area contributed by atoms with Crippen molar-refractivity contribution in [3.63, 3.8) is 0 Å². The van der Waals surface area contributed by atoms with Crippen molar-refractivity contribution in [3.05, 3.63) is 16.7 Å². The topological polar surface area (TPSA) is 111 Å². The summed E-state index contributed by atoms with van der Waals surface area (Å²) in [5.41, 5.74) is -0.615. The van der Waals surface area contributed by atoms with Crippen molar-refractivity contribution >= 4 is 23.0 Å². The predicted molar refractivity (Wildman–Crippen MR) is 95.8 cm³/mol. The van der Waals surface area contributed by atoms with Gasteiger partial charge in [0.2, 0.25) is 11.9 Å². The van der Waals surface area contributed by atoms with Gasteiger partial charge in [0.25, 0.3) is 5.56 Å². The zero-order valence-corrected chi connectivity index (χ0v) is 14.9. The number of amides is 1. The van der Waals surface area contributed by atoms with Crippen LogP contribution in [0.2, 0.25) is 0 Å². The minimum Gasteiger partial charge on any atom is -0.376 e. The van der Waals surface area contributed by atoms with Gasteiger partial charge in [0.15, 0.2) is 17.4 Å². The van der Waals surface area contributed by atoms with Gasteiger partial charge in [-0.2, -0.15) is 4.98 Å². The van der Waals surface area contributed by atoms with Gasteiger partial charge in [0.05, 0.1) is 16.5 Å². The first-order valence-electron chi connectivity index (χ1n) is 10.8. The molecule has 0 saturated carbocycles. The highest BCUT2D eigenvalue weighted by Crippen LogP contribution is 2.37. The molecular formula is C17H25N5O4. The van der Waals surface area contributed by atoms with Crippen LogP contribution in [0, 0.1) is 11.8 Å². The summed E-state index contributed by atoms with van der Waals surface area (Å²) < 4.78 is 51.0. The van der Waals surface area contributed by atoms with E-state index in [0.717, 1.165) is 0 Å². The Balaban J connectivity index is 2.08. The van der Waals surface area contributed by atoms with E-state index in [-0.39, 0.29) is 28.9 Å². The van der Waals surface area contributed by atoms with Crippen LogP contribution in [0.5, 0.6) is 0 Å². The Labute approximate surface area is 158 Å². The van der Waals surface area contributed by atoms with Gasteiger partial charge in [0.1, 0.15) is 6.10 Å². The summed E-state index contributed by atoms with van der Waals surface area (Å²) in [5.74, 6) is -1.44. The minimum atomic E-state index is -2.76. The Morgan fingerprint density at radius 1 is 1.62 bits per heavy atom. The smallest absolute Gasteiger partial charge is 0.280 e. The third-order valence-corrected chi connectivity index (χ3v) is 4.46. The quantitative estimate of drug-likeness (QED) is 0.830. The summed E-state index contributed by atoms with van der Waals surface area (Å²) in [6.07, 6.45) is -3.70. The summed E-state index contributed by atoms with van der Waals surface area (Å²) in [4.78, 5) is 35.2. The van der Waals surface area contributed by atoms with Crippen LogP contribution in [0.25, 0.3) is 11.2 Å². The molecule has 1 aliphatic rings. The molecule has 3 heterocycles. The van der Waals surface area contributed by atoms with E-state index in [1.165, 1.54) is 17.8 Å². The van der Waals surface area contributed by atoms with Gasteiger partial charge < -0.3 is 9.47 Å². The molecule has 1 aliphatic heterocycles. The van der Waals surface area contributed by atoms with Crippen LogP contribution < -0.4 is 10.9 Å². The van der Waals surface area contributed by atoms with E-state index in [0.29, 0.717) is 0 Å². The number of hydrogen-bond donors (Lipinski definition) is 2. The highest BCUT2D eigenvalue weighted by Gasteiger charge is 2.43. The number of nitrogens with one attached hydrogen (secondary N) is 2. The van der Waals surface area contributed by atoms with E-state index >= 15 is 0 Å². The molecule has 0 aliphatic carbocycles. The Kier molecular flexibility index (Phi) is 3.58. The van der Waals surface area contributed by atoms with Crippen molar-refractivity contribution in [2.75, 3.05) is 12.4 Å². The Bertz CT molecular complexity index is 1030. The lowest BCUT2D eigenvalue weighted by atomic mass is 9.98. The number of carbonyl (C=O) groups is 1. The number of fused-ring (bicyclic) bond motifs is 1. The van der Waals surface area contributed by atoms with Crippen LogP contribution >= 0.6 is 0 Å². The molecule has 0 bridgehead atoms. The number of methoxy groups -OCH3 is 1. The van der Waals surface area contributed by atoms with Crippen LogP contribution in [0.3, 0.4) is 0 Å². The maximum absolute atomic E-state index is 12.4. The fourth-order valence-electron chi connectivity index (χ4n) is 2.94. The zero-order valence-electron chi connectivity index (χ0n) is 19.9. The maximum Gasteiger partial charge on any atom is 0.280 e. The van der Waals surface area contributed by atoms with Crippen molar-refractivity contribution in [1.82, 2.24) is 19.5 Å². The fraction of sp³-hybridized carbons (Fsp3) is 0.647. The van der Waals surface area contributed by atoms with E-state index in [2.05, 4.69) is 20.3 Å². The highest BCUT2D eigenvalue weighted by atomic mass is 16.6. The number of H-pyrrole nitrogens is 1. The van der Waals surface area contributed by atoms with E-state index in [1.54, 1.807) is 20.8 Å². The van der Waals surface area contributed by atoms with Crippen LogP contribution in [-0.2, 0) is 14.3 Å². The Hall–Kier alpha value is -2.26. The molecule has 142 valence electrons. The molecule has 2 aromatic rings. The monoisotopic (exact) mass is 368 g/mol.